The first kappa shape index (κ1) is 17.1. The number of carbonyl (C=O) groups is 3. The molecule has 10 heteroatoms. The summed E-state index contributed by atoms with van der Waals surface area (Å²) >= 11 is 2.43. The van der Waals surface area contributed by atoms with Crippen molar-refractivity contribution >= 4 is 41.4 Å². The molecule has 0 aliphatic carbocycles. The second-order valence-corrected chi connectivity index (χ2v) is 7.26. The maximum absolute atomic E-state index is 12.0. The number of rotatable bonds is 7. The molecule has 5 N–H and O–H groups in total. The van der Waals surface area contributed by atoms with Crippen LogP contribution in [-0.2, 0) is 14.4 Å². The van der Waals surface area contributed by atoms with Crippen molar-refractivity contribution in [1.82, 2.24) is 4.90 Å². The molecule has 0 saturated carbocycles. The van der Waals surface area contributed by atoms with Crippen LogP contribution in [0.1, 0.15) is 6.92 Å². The molecular weight excluding hydrogens is 332 g/mol. The normalized spacial score (nSPS) is 26.5. The van der Waals surface area contributed by atoms with Crippen LogP contribution in [0, 0.1) is 5.92 Å². The monoisotopic (exact) mass is 348 g/mol. The van der Waals surface area contributed by atoms with Crippen molar-refractivity contribution in [3.63, 3.8) is 0 Å². The number of fused-ring (bicyclic) bond motifs is 1. The van der Waals surface area contributed by atoms with Crippen LogP contribution in [0.3, 0.4) is 0 Å². The number of carboxylic acid groups (broad SMARTS) is 2. The van der Waals surface area contributed by atoms with Crippen molar-refractivity contribution in [3.05, 3.63) is 10.6 Å². The van der Waals surface area contributed by atoms with Crippen molar-refractivity contribution in [2.24, 2.45) is 11.7 Å². The fourth-order valence-electron chi connectivity index (χ4n) is 2.30. The van der Waals surface area contributed by atoms with Gasteiger partial charge in [-0.1, -0.05) is 0 Å². The van der Waals surface area contributed by atoms with Gasteiger partial charge in [0.1, 0.15) is 17.1 Å². The molecule has 2 aliphatic rings. The third-order valence-electron chi connectivity index (χ3n) is 3.42. The van der Waals surface area contributed by atoms with Gasteiger partial charge in [0, 0.05) is 16.4 Å². The Morgan fingerprint density at radius 2 is 2.09 bits per heavy atom. The number of aliphatic carboxylic acids is 2. The van der Waals surface area contributed by atoms with Crippen molar-refractivity contribution in [2.45, 2.75) is 24.4 Å². The number of aliphatic hydroxyl groups excluding tert-OH is 1. The second-order valence-electron chi connectivity index (χ2n) is 5.02. The number of aliphatic hydroxyl groups is 1. The summed E-state index contributed by atoms with van der Waals surface area (Å²) in [7, 11) is 0. The largest absolute Gasteiger partial charge is 0.480 e. The van der Waals surface area contributed by atoms with Gasteiger partial charge in [-0.05, 0) is 6.92 Å². The van der Waals surface area contributed by atoms with Crippen LogP contribution in [0.5, 0.6) is 0 Å². The van der Waals surface area contributed by atoms with E-state index in [-0.39, 0.29) is 17.2 Å². The minimum Gasteiger partial charge on any atom is -0.480 e. The number of nitrogens with zero attached hydrogens (tertiary/aromatic N) is 1. The van der Waals surface area contributed by atoms with E-state index >= 15 is 0 Å². The van der Waals surface area contributed by atoms with E-state index in [1.165, 1.54) is 35.3 Å². The molecule has 2 rings (SSSR count). The molecule has 2 heterocycles. The van der Waals surface area contributed by atoms with Crippen LogP contribution in [0.15, 0.2) is 10.6 Å². The highest BCUT2D eigenvalue weighted by atomic mass is 32.2. The quantitative estimate of drug-likeness (QED) is 0.441. The molecule has 0 aromatic carbocycles. The summed E-state index contributed by atoms with van der Waals surface area (Å²) in [6.45, 7) is 1.50. The van der Waals surface area contributed by atoms with E-state index < -0.39 is 41.3 Å². The molecule has 0 spiro atoms. The standard InChI is InChI=1S/C12H16N2O6S2/c1-4(15)7-9(16)14-8(12(19)20)6(22-10(7)14)3-21-2-5(13)11(17)18/h4-5,7,10,15H,2-3,13H2,1H3,(H,17,18)(H,19,20)/t4-,5-,7+,10-/m1/s1. The maximum Gasteiger partial charge on any atom is 0.353 e. The Morgan fingerprint density at radius 1 is 1.45 bits per heavy atom. The van der Waals surface area contributed by atoms with Crippen LogP contribution < -0.4 is 5.73 Å². The second kappa shape index (κ2) is 6.49. The number of thioether (sulfide) groups is 2. The Bertz CT molecular complexity index is 550. The summed E-state index contributed by atoms with van der Waals surface area (Å²) in [6, 6.07) is -1.02. The van der Waals surface area contributed by atoms with Gasteiger partial charge in [0.25, 0.3) is 0 Å². The smallest absolute Gasteiger partial charge is 0.353 e. The topological polar surface area (TPSA) is 141 Å². The molecule has 0 unspecified atom stereocenters. The SMILES string of the molecule is C[C@@H](O)[C@H]1C(=O)N2C(C(=O)O)=C(CSC[C@@H](N)C(=O)O)S[C@H]12. The number of nitrogens with two attached hydrogens (primary N) is 1. The molecule has 1 saturated heterocycles. The van der Waals surface area contributed by atoms with Crippen LogP contribution in [-0.4, -0.2) is 67.1 Å². The fraction of sp³-hybridized carbons (Fsp3) is 0.583. The Labute approximate surface area is 134 Å². The van der Waals surface area contributed by atoms with Gasteiger partial charge in [-0.2, -0.15) is 11.8 Å². The predicted octanol–water partition coefficient (Wildman–Crippen LogP) is -0.660. The summed E-state index contributed by atoms with van der Waals surface area (Å²) in [5.41, 5.74) is 5.31. The highest BCUT2D eigenvalue weighted by Gasteiger charge is 2.57. The number of hydrogen-bond donors (Lipinski definition) is 4. The number of carboxylic acids is 2. The Kier molecular flexibility index (Phi) is 5.05. The van der Waals surface area contributed by atoms with Crippen LogP contribution in [0.25, 0.3) is 0 Å². The average molecular weight is 348 g/mol. The van der Waals surface area contributed by atoms with E-state index in [4.69, 9.17) is 10.8 Å². The Balaban J connectivity index is 2.06. The minimum atomic E-state index is -1.20. The Hall–Kier alpha value is -1.23. The zero-order valence-electron chi connectivity index (χ0n) is 11.6. The summed E-state index contributed by atoms with van der Waals surface area (Å²) in [5, 5.41) is 27.2. The molecule has 122 valence electrons. The van der Waals surface area contributed by atoms with Gasteiger partial charge >= 0.3 is 11.9 Å². The van der Waals surface area contributed by atoms with E-state index in [1.54, 1.807) is 0 Å². The number of hydrogen-bond acceptors (Lipinski definition) is 7. The van der Waals surface area contributed by atoms with Crippen molar-refractivity contribution in [1.29, 1.82) is 0 Å². The molecule has 0 bridgehead atoms. The molecule has 0 radical (unpaired) electrons. The lowest BCUT2D eigenvalue weighted by Gasteiger charge is -2.43. The van der Waals surface area contributed by atoms with E-state index in [1.807, 2.05) is 0 Å². The third-order valence-corrected chi connectivity index (χ3v) is 6.06. The van der Waals surface area contributed by atoms with Crippen molar-refractivity contribution in [3.8, 4) is 0 Å². The van der Waals surface area contributed by atoms with Crippen molar-refractivity contribution in [2.75, 3.05) is 11.5 Å². The first-order valence-electron chi connectivity index (χ1n) is 6.46. The summed E-state index contributed by atoms with van der Waals surface area (Å²) in [4.78, 5) is 35.7. The van der Waals surface area contributed by atoms with Gasteiger partial charge in [-0.3, -0.25) is 14.5 Å². The summed E-state index contributed by atoms with van der Waals surface area (Å²) in [6.07, 6.45) is -0.844. The lowest BCUT2D eigenvalue weighted by atomic mass is 9.92. The van der Waals surface area contributed by atoms with E-state index in [9.17, 15) is 24.6 Å². The van der Waals surface area contributed by atoms with Crippen LogP contribution in [0.2, 0.25) is 0 Å². The minimum absolute atomic E-state index is 0.0757. The first-order valence-corrected chi connectivity index (χ1v) is 8.49. The van der Waals surface area contributed by atoms with Gasteiger partial charge in [-0.15, -0.1) is 11.8 Å². The lowest BCUT2D eigenvalue weighted by Crippen LogP contribution is -2.60. The highest BCUT2D eigenvalue weighted by Crippen LogP contribution is 2.50. The number of carbonyl (C=O) groups excluding carboxylic acids is 1. The van der Waals surface area contributed by atoms with Gasteiger partial charge in [0.05, 0.1) is 12.0 Å². The van der Waals surface area contributed by atoms with E-state index in [2.05, 4.69) is 0 Å². The van der Waals surface area contributed by atoms with Gasteiger partial charge in [-0.25, -0.2) is 4.79 Å². The highest BCUT2D eigenvalue weighted by molar-refractivity contribution is 8.06. The van der Waals surface area contributed by atoms with Crippen molar-refractivity contribution < 1.29 is 29.7 Å². The zero-order chi connectivity index (χ0) is 16.6. The number of β-lactam (4-membered cyclic amide) rings is 1. The van der Waals surface area contributed by atoms with E-state index in [0.29, 0.717) is 4.91 Å². The van der Waals surface area contributed by atoms with Gasteiger partial charge in [0.2, 0.25) is 5.91 Å². The predicted molar refractivity (Wildman–Crippen MR) is 81.0 cm³/mol. The summed E-state index contributed by atoms with van der Waals surface area (Å²) < 4.78 is 0. The summed E-state index contributed by atoms with van der Waals surface area (Å²) in [5.74, 6) is -2.92. The first-order chi connectivity index (χ1) is 10.3. The maximum atomic E-state index is 12.0. The molecular formula is C12H16N2O6S2. The Morgan fingerprint density at radius 3 is 2.59 bits per heavy atom. The molecule has 4 atom stereocenters. The average Bonchev–Trinajstić information content (AvgIpc) is 2.72. The molecule has 1 fully saturated rings. The molecule has 1 amide bonds. The van der Waals surface area contributed by atoms with Crippen LogP contribution in [0.4, 0.5) is 0 Å². The fourth-order valence-corrected chi connectivity index (χ4v) is 5.06. The third kappa shape index (κ3) is 2.96. The molecule has 22 heavy (non-hydrogen) atoms. The molecule has 0 aromatic rings. The van der Waals surface area contributed by atoms with E-state index in [0.717, 1.165) is 0 Å². The molecule has 0 aromatic heterocycles. The molecule has 8 nitrogen and oxygen atoms in total. The zero-order valence-corrected chi connectivity index (χ0v) is 13.3. The van der Waals surface area contributed by atoms with Gasteiger partial charge in [0.15, 0.2) is 0 Å². The number of amides is 1. The lowest BCUT2D eigenvalue weighted by molar-refractivity contribution is -0.156. The van der Waals surface area contributed by atoms with Crippen LogP contribution >= 0.6 is 23.5 Å². The van der Waals surface area contributed by atoms with Gasteiger partial charge < -0.3 is 21.1 Å². The molecule has 2 aliphatic heterocycles.